The molecule has 1 N–H and O–H groups in total. The summed E-state index contributed by atoms with van der Waals surface area (Å²) >= 11 is 0. The summed E-state index contributed by atoms with van der Waals surface area (Å²) in [6.07, 6.45) is 4.40. The molecular formula is C18H19N3O3S. The van der Waals surface area contributed by atoms with Gasteiger partial charge in [-0.15, -0.1) is 0 Å². The van der Waals surface area contributed by atoms with Gasteiger partial charge in [-0.25, -0.2) is 4.98 Å². The van der Waals surface area contributed by atoms with Crippen LogP contribution in [0.1, 0.15) is 29.3 Å². The second-order valence-corrected chi connectivity index (χ2v) is 7.53. The molecule has 2 unspecified atom stereocenters. The number of benzene rings is 1. The molecule has 0 saturated carbocycles. The Morgan fingerprint density at radius 1 is 1.24 bits per heavy atom. The molecule has 7 heteroatoms. The van der Waals surface area contributed by atoms with Crippen LogP contribution < -0.4 is 9.47 Å². The maximum absolute atomic E-state index is 13.2. The van der Waals surface area contributed by atoms with E-state index in [1.54, 1.807) is 20.4 Å². The lowest BCUT2D eigenvalue weighted by Gasteiger charge is -2.24. The Morgan fingerprint density at radius 3 is 2.92 bits per heavy atom. The van der Waals surface area contributed by atoms with Crippen LogP contribution >= 0.6 is 0 Å². The molecular weight excluding hydrogens is 338 g/mol. The van der Waals surface area contributed by atoms with Gasteiger partial charge in [0.25, 0.3) is 0 Å². The number of imidazole rings is 1. The second-order valence-electron chi connectivity index (χ2n) is 5.98. The van der Waals surface area contributed by atoms with Crippen LogP contribution in [0.15, 0.2) is 35.6 Å². The van der Waals surface area contributed by atoms with Gasteiger partial charge in [-0.1, -0.05) is 0 Å². The van der Waals surface area contributed by atoms with E-state index in [2.05, 4.69) is 15.0 Å². The quantitative estimate of drug-likeness (QED) is 0.776. The van der Waals surface area contributed by atoms with Crippen LogP contribution in [0.2, 0.25) is 0 Å². The minimum absolute atomic E-state index is 0.179. The van der Waals surface area contributed by atoms with E-state index in [1.807, 2.05) is 24.3 Å². The largest absolute Gasteiger partial charge is 0.497 e. The lowest BCUT2D eigenvalue weighted by Crippen LogP contribution is -2.17. The number of H-pyrrole nitrogens is 1. The fourth-order valence-corrected chi connectivity index (χ4v) is 4.80. The molecule has 0 saturated heterocycles. The third-order valence-electron chi connectivity index (χ3n) is 4.58. The molecule has 0 spiro atoms. The average Bonchev–Trinajstić information content (AvgIpc) is 3.09. The van der Waals surface area contributed by atoms with Crippen molar-refractivity contribution in [2.24, 2.45) is 0 Å². The number of hydrogen-bond donors (Lipinski definition) is 1. The summed E-state index contributed by atoms with van der Waals surface area (Å²) in [5.74, 6) is 1.56. The molecule has 130 valence electrons. The maximum Gasteiger partial charge on any atom is 0.198 e. The van der Waals surface area contributed by atoms with Gasteiger partial charge in [0.05, 0.1) is 47.0 Å². The normalized spacial score (nSPS) is 17.9. The predicted molar refractivity (Wildman–Crippen MR) is 95.5 cm³/mol. The summed E-state index contributed by atoms with van der Waals surface area (Å²) in [6.45, 7) is 0. The van der Waals surface area contributed by atoms with E-state index in [9.17, 15) is 4.21 Å². The van der Waals surface area contributed by atoms with E-state index in [0.717, 1.165) is 53.1 Å². The summed E-state index contributed by atoms with van der Waals surface area (Å²) in [5.41, 5.74) is 3.52. The number of ether oxygens (including phenoxy) is 2. The molecule has 6 nitrogen and oxygen atoms in total. The van der Waals surface area contributed by atoms with Gasteiger partial charge in [-0.05, 0) is 37.5 Å². The molecule has 2 aromatic heterocycles. The number of nitrogens with zero attached hydrogens (tertiary/aromatic N) is 2. The lowest BCUT2D eigenvalue weighted by atomic mass is 9.95. The molecule has 0 aliphatic heterocycles. The van der Waals surface area contributed by atoms with E-state index < -0.39 is 10.8 Å². The van der Waals surface area contributed by atoms with Crippen molar-refractivity contribution in [1.82, 2.24) is 15.0 Å². The molecule has 1 aromatic carbocycles. The molecule has 0 amide bonds. The van der Waals surface area contributed by atoms with Crippen molar-refractivity contribution in [3.05, 3.63) is 41.7 Å². The summed E-state index contributed by atoms with van der Waals surface area (Å²) in [4.78, 5) is 12.2. The van der Waals surface area contributed by atoms with Gasteiger partial charge in [0, 0.05) is 17.8 Å². The summed E-state index contributed by atoms with van der Waals surface area (Å²) in [6, 6.07) is 7.43. The van der Waals surface area contributed by atoms with Gasteiger partial charge in [-0.3, -0.25) is 9.19 Å². The van der Waals surface area contributed by atoms with Crippen molar-refractivity contribution in [2.75, 3.05) is 14.2 Å². The van der Waals surface area contributed by atoms with E-state index in [4.69, 9.17) is 9.47 Å². The van der Waals surface area contributed by atoms with E-state index in [1.165, 1.54) is 0 Å². The molecule has 3 aromatic rings. The zero-order valence-electron chi connectivity index (χ0n) is 14.1. The minimum atomic E-state index is -1.31. The number of methoxy groups -OCH3 is 2. The van der Waals surface area contributed by atoms with Crippen LogP contribution in [0.3, 0.4) is 0 Å². The van der Waals surface area contributed by atoms with E-state index in [-0.39, 0.29) is 5.25 Å². The van der Waals surface area contributed by atoms with E-state index >= 15 is 0 Å². The molecule has 0 fully saturated rings. The highest BCUT2D eigenvalue weighted by Gasteiger charge is 2.31. The summed E-state index contributed by atoms with van der Waals surface area (Å²) in [5, 5.41) is 0.298. The Kier molecular flexibility index (Phi) is 4.17. The first-order valence-electron chi connectivity index (χ1n) is 8.17. The monoisotopic (exact) mass is 357 g/mol. The van der Waals surface area contributed by atoms with Crippen molar-refractivity contribution >= 4 is 21.8 Å². The standard InChI is InChI=1S/C18H19N3O3S/c1-23-11-6-7-13-14(10-11)21-18(20-13)25(22)16-5-3-4-12-15(24-2)8-9-19-17(12)16/h6-10,16H,3-5H2,1-2H3,(H,20,21). The van der Waals surface area contributed by atoms with Crippen molar-refractivity contribution in [3.63, 3.8) is 0 Å². The molecule has 1 aliphatic carbocycles. The fourth-order valence-electron chi connectivity index (χ4n) is 3.34. The topological polar surface area (TPSA) is 77.1 Å². The third-order valence-corrected chi connectivity index (χ3v) is 6.13. The van der Waals surface area contributed by atoms with Crippen LogP contribution in [-0.4, -0.2) is 33.4 Å². The molecule has 0 bridgehead atoms. The molecule has 1 aliphatic rings. The number of hydrogen-bond acceptors (Lipinski definition) is 5. The molecule has 4 rings (SSSR count). The van der Waals surface area contributed by atoms with Gasteiger partial charge in [0.2, 0.25) is 0 Å². The van der Waals surface area contributed by atoms with Crippen molar-refractivity contribution in [1.29, 1.82) is 0 Å². The zero-order chi connectivity index (χ0) is 17.4. The van der Waals surface area contributed by atoms with Crippen molar-refractivity contribution in [3.8, 4) is 11.5 Å². The smallest absolute Gasteiger partial charge is 0.198 e. The zero-order valence-corrected chi connectivity index (χ0v) is 14.9. The van der Waals surface area contributed by atoms with Gasteiger partial charge < -0.3 is 14.5 Å². The number of fused-ring (bicyclic) bond motifs is 2. The highest BCUT2D eigenvalue weighted by atomic mass is 32.2. The number of rotatable bonds is 4. The van der Waals surface area contributed by atoms with Crippen LogP contribution in [0.4, 0.5) is 0 Å². The number of aromatic nitrogens is 3. The summed E-state index contributed by atoms with van der Waals surface area (Å²) in [7, 11) is 1.97. The lowest BCUT2D eigenvalue weighted by molar-refractivity contribution is 0.404. The van der Waals surface area contributed by atoms with Crippen LogP contribution in [0, 0.1) is 0 Å². The predicted octanol–water partition coefficient (Wildman–Crippen LogP) is 3.16. The van der Waals surface area contributed by atoms with E-state index in [0.29, 0.717) is 5.16 Å². The Labute approximate surface area is 148 Å². The van der Waals surface area contributed by atoms with Gasteiger partial charge >= 0.3 is 0 Å². The van der Waals surface area contributed by atoms with Gasteiger partial charge in [0.15, 0.2) is 5.16 Å². The molecule has 2 atom stereocenters. The fraction of sp³-hybridized carbons (Fsp3) is 0.333. The second kappa shape index (κ2) is 6.48. The highest BCUT2D eigenvalue weighted by Crippen LogP contribution is 2.38. The third kappa shape index (κ3) is 2.78. The Balaban J connectivity index is 1.73. The Hall–Kier alpha value is -2.41. The first-order valence-corrected chi connectivity index (χ1v) is 9.38. The molecule has 2 heterocycles. The first kappa shape index (κ1) is 16.1. The van der Waals surface area contributed by atoms with Gasteiger partial charge in [-0.2, -0.15) is 0 Å². The Morgan fingerprint density at radius 2 is 2.12 bits per heavy atom. The van der Waals surface area contributed by atoms with Crippen LogP contribution in [0.25, 0.3) is 11.0 Å². The first-order chi connectivity index (χ1) is 12.2. The van der Waals surface area contributed by atoms with Crippen molar-refractivity contribution in [2.45, 2.75) is 29.7 Å². The molecule has 0 radical (unpaired) electrons. The van der Waals surface area contributed by atoms with Crippen LogP contribution in [0.5, 0.6) is 11.5 Å². The number of aromatic amines is 1. The van der Waals surface area contributed by atoms with Crippen molar-refractivity contribution < 1.29 is 13.7 Å². The SMILES string of the molecule is COc1ccc2nc(S(=O)C3CCCc4c(OC)ccnc43)[nH]c2c1. The molecule has 25 heavy (non-hydrogen) atoms. The minimum Gasteiger partial charge on any atom is -0.497 e. The maximum atomic E-state index is 13.2. The Bertz CT molecular complexity index is 954. The number of pyridine rings is 1. The highest BCUT2D eigenvalue weighted by molar-refractivity contribution is 7.85. The average molecular weight is 357 g/mol. The number of nitrogens with one attached hydrogen (secondary N) is 1. The van der Waals surface area contributed by atoms with Crippen LogP contribution in [-0.2, 0) is 17.2 Å². The van der Waals surface area contributed by atoms with Gasteiger partial charge in [0.1, 0.15) is 11.5 Å². The summed E-state index contributed by atoms with van der Waals surface area (Å²) < 4.78 is 23.9.